The number of rotatable bonds is 6. The Kier molecular flexibility index (Phi) is 6.10. The van der Waals surface area contributed by atoms with Crippen molar-refractivity contribution in [2.24, 2.45) is 4.99 Å². The average Bonchev–Trinajstić information content (AvgIpc) is 2.70. The van der Waals surface area contributed by atoms with Crippen molar-refractivity contribution in [3.8, 4) is 11.5 Å². The number of phenols is 1. The lowest BCUT2D eigenvalue weighted by Gasteiger charge is -2.26. The number of phenolic OH excluding ortho intramolecular Hbond substituents is 1. The molecule has 1 aliphatic rings. The molecule has 1 heterocycles. The molecule has 0 radical (unpaired) electrons. The molecular weight excluding hydrogens is 368 g/mol. The van der Waals surface area contributed by atoms with Crippen molar-refractivity contribution in [2.75, 3.05) is 32.9 Å². The summed E-state index contributed by atoms with van der Waals surface area (Å²) in [6.45, 7) is 3.75. The van der Waals surface area contributed by atoms with Crippen molar-refractivity contribution in [3.05, 3.63) is 48.0 Å². The van der Waals surface area contributed by atoms with Crippen molar-refractivity contribution < 1.29 is 23.0 Å². The van der Waals surface area contributed by atoms with Gasteiger partial charge < -0.3 is 14.6 Å². The summed E-state index contributed by atoms with van der Waals surface area (Å²) in [6, 6.07) is 11.6. The quantitative estimate of drug-likeness (QED) is 0.766. The molecule has 0 spiro atoms. The van der Waals surface area contributed by atoms with E-state index in [4.69, 9.17) is 9.47 Å². The molecule has 27 heavy (non-hydrogen) atoms. The van der Waals surface area contributed by atoms with Gasteiger partial charge in [0.25, 0.3) is 0 Å². The molecule has 0 atom stereocenters. The van der Waals surface area contributed by atoms with Crippen molar-refractivity contribution in [2.45, 2.75) is 11.8 Å². The Morgan fingerprint density at radius 2 is 1.96 bits per heavy atom. The fourth-order valence-electron chi connectivity index (χ4n) is 2.72. The molecule has 1 N–H and O–H groups in total. The lowest BCUT2D eigenvalue weighted by Crippen LogP contribution is -2.40. The molecule has 2 aromatic carbocycles. The summed E-state index contributed by atoms with van der Waals surface area (Å²) in [5.41, 5.74) is 0.966. The van der Waals surface area contributed by atoms with E-state index in [0.717, 1.165) is 0 Å². The predicted octanol–water partition coefficient (Wildman–Crippen LogP) is 2.56. The number of aliphatic imine (C=N–C) groups is 1. The van der Waals surface area contributed by atoms with Gasteiger partial charge in [0, 0.05) is 24.9 Å². The number of morpholine rings is 1. The van der Waals surface area contributed by atoms with Crippen LogP contribution in [-0.2, 0) is 14.8 Å². The zero-order chi connectivity index (χ0) is 19.3. The Hall–Kier alpha value is -2.42. The molecular formula is C19H22N2O5S. The predicted molar refractivity (Wildman–Crippen MR) is 103 cm³/mol. The number of hydrogen-bond acceptors (Lipinski definition) is 6. The van der Waals surface area contributed by atoms with Crippen molar-refractivity contribution in [1.82, 2.24) is 4.31 Å². The second kappa shape index (κ2) is 8.51. The Bertz CT molecular complexity index is 921. The van der Waals surface area contributed by atoms with Gasteiger partial charge in [-0.3, -0.25) is 4.99 Å². The number of benzene rings is 2. The van der Waals surface area contributed by atoms with Crippen LogP contribution in [0, 0.1) is 0 Å². The van der Waals surface area contributed by atoms with E-state index in [1.807, 2.05) is 6.92 Å². The zero-order valence-electron chi connectivity index (χ0n) is 15.0. The zero-order valence-corrected chi connectivity index (χ0v) is 15.9. The Balaban J connectivity index is 1.84. The standard InChI is InChI=1S/C19H22N2O5S/c1-2-26-18-8-3-5-15(19(18)22)14-20-16-6-4-7-17(13-16)27(23,24)21-9-11-25-12-10-21/h3-8,13-14,22H,2,9-12H2,1H3. The van der Waals surface area contributed by atoms with Gasteiger partial charge in [0.1, 0.15) is 0 Å². The van der Waals surface area contributed by atoms with E-state index in [-0.39, 0.29) is 10.6 Å². The third kappa shape index (κ3) is 4.47. The van der Waals surface area contributed by atoms with E-state index < -0.39 is 10.0 Å². The fraction of sp³-hybridized carbons (Fsp3) is 0.316. The fourth-order valence-corrected chi connectivity index (χ4v) is 4.17. The first-order valence-corrected chi connectivity index (χ1v) is 10.1. The SMILES string of the molecule is CCOc1cccc(C=Nc2cccc(S(=O)(=O)N3CCOCC3)c2)c1O. The number of aromatic hydroxyl groups is 1. The highest BCUT2D eigenvalue weighted by Gasteiger charge is 2.26. The topological polar surface area (TPSA) is 88.4 Å². The maximum atomic E-state index is 12.7. The van der Waals surface area contributed by atoms with Gasteiger partial charge in [0.15, 0.2) is 11.5 Å². The third-order valence-electron chi connectivity index (χ3n) is 4.11. The Morgan fingerprint density at radius 1 is 1.22 bits per heavy atom. The van der Waals surface area contributed by atoms with Crippen LogP contribution in [0.15, 0.2) is 52.4 Å². The lowest BCUT2D eigenvalue weighted by atomic mass is 10.2. The largest absolute Gasteiger partial charge is 0.504 e. The molecule has 0 unspecified atom stereocenters. The molecule has 0 bridgehead atoms. The highest BCUT2D eigenvalue weighted by molar-refractivity contribution is 7.89. The van der Waals surface area contributed by atoms with Crippen LogP contribution in [0.2, 0.25) is 0 Å². The van der Waals surface area contributed by atoms with E-state index in [0.29, 0.717) is 49.9 Å². The summed E-state index contributed by atoms with van der Waals surface area (Å²) in [4.78, 5) is 4.50. The highest BCUT2D eigenvalue weighted by Crippen LogP contribution is 2.29. The normalized spacial score (nSPS) is 15.9. The molecule has 0 saturated carbocycles. The van der Waals surface area contributed by atoms with E-state index in [1.54, 1.807) is 36.4 Å². The molecule has 0 aliphatic carbocycles. The summed E-state index contributed by atoms with van der Waals surface area (Å²) in [5.74, 6) is 0.380. The molecule has 0 amide bonds. The van der Waals surface area contributed by atoms with Crippen LogP contribution >= 0.6 is 0 Å². The monoisotopic (exact) mass is 390 g/mol. The number of nitrogens with zero attached hydrogens (tertiary/aromatic N) is 2. The van der Waals surface area contributed by atoms with Crippen LogP contribution in [0.1, 0.15) is 12.5 Å². The lowest BCUT2D eigenvalue weighted by molar-refractivity contribution is 0.0730. The highest BCUT2D eigenvalue weighted by atomic mass is 32.2. The maximum absolute atomic E-state index is 12.7. The molecule has 8 heteroatoms. The van der Waals surface area contributed by atoms with E-state index in [2.05, 4.69) is 4.99 Å². The van der Waals surface area contributed by atoms with E-state index in [9.17, 15) is 13.5 Å². The first-order chi connectivity index (χ1) is 13.0. The molecule has 0 aromatic heterocycles. The summed E-state index contributed by atoms with van der Waals surface area (Å²) in [7, 11) is -3.58. The van der Waals surface area contributed by atoms with Crippen LogP contribution in [0.4, 0.5) is 5.69 Å². The van der Waals surface area contributed by atoms with E-state index in [1.165, 1.54) is 16.6 Å². The van der Waals surface area contributed by atoms with E-state index >= 15 is 0 Å². The van der Waals surface area contributed by atoms with Gasteiger partial charge in [-0.25, -0.2) is 8.42 Å². The molecule has 1 fully saturated rings. The van der Waals surface area contributed by atoms with Gasteiger partial charge in [0.2, 0.25) is 10.0 Å². The summed E-state index contributed by atoms with van der Waals surface area (Å²) in [6.07, 6.45) is 1.48. The molecule has 144 valence electrons. The van der Waals surface area contributed by atoms with Crippen LogP contribution in [0.25, 0.3) is 0 Å². The molecule has 7 nitrogen and oxygen atoms in total. The van der Waals surface area contributed by atoms with Gasteiger partial charge in [-0.05, 0) is 37.3 Å². The number of para-hydroxylation sites is 1. The van der Waals surface area contributed by atoms with Gasteiger partial charge in [-0.15, -0.1) is 0 Å². The summed E-state index contributed by atoms with van der Waals surface area (Å²) < 4.78 is 37.5. The first-order valence-electron chi connectivity index (χ1n) is 8.69. The van der Waals surface area contributed by atoms with Crippen molar-refractivity contribution >= 4 is 21.9 Å². The molecule has 1 aliphatic heterocycles. The van der Waals surface area contributed by atoms with Crippen LogP contribution in [0.5, 0.6) is 11.5 Å². The molecule has 1 saturated heterocycles. The average molecular weight is 390 g/mol. The molecule has 2 aromatic rings. The van der Waals surface area contributed by atoms with Gasteiger partial charge in [-0.2, -0.15) is 4.31 Å². The van der Waals surface area contributed by atoms with Crippen molar-refractivity contribution in [1.29, 1.82) is 0 Å². The maximum Gasteiger partial charge on any atom is 0.243 e. The van der Waals surface area contributed by atoms with Crippen LogP contribution in [-0.4, -0.2) is 57.0 Å². The first kappa shape index (κ1) is 19.3. The molecule has 3 rings (SSSR count). The van der Waals surface area contributed by atoms with Crippen molar-refractivity contribution in [3.63, 3.8) is 0 Å². The number of sulfonamides is 1. The van der Waals surface area contributed by atoms with Crippen LogP contribution in [0.3, 0.4) is 0 Å². The minimum Gasteiger partial charge on any atom is -0.504 e. The smallest absolute Gasteiger partial charge is 0.243 e. The number of ether oxygens (including phenoxy) is 2. The minimum absolute atomic E-state index is 0.000179. The van der Waals surface area contributed by atoms with Gasteiger partial charge in [-0.1, -0.05) is 12.1 Å². The summed E-state index contributed by atoms with van der Waals surface area (Å²) >= 11 is 0. The second-order valence-electron chi connectivity index (χ2n) is 5.90. The summed E-state index contributed by atoms with van der Waals surface area (Å²) in [5, 5.41) is 10.2. The Morgan fingerprint density at radius 3 is 2.70 bits per heavy atom. The van der Waals surface area contributed by atoms with Crippen LogP contribution < -0.4 is 4.74 Å². The minimum atomic E-state index is -3.58. The van der Waals surface area contributed by atoms with Gasteiger partial charge in [0.05, 0.1) is 30.4 Å². The Labute approximate surface area is 158 Å². The second-order valence-corrected chi connectivity index (χ2v) is 7.84. The third-order valence-corrected chi connectivity index (χ3v) is 6.00. The number of hydrogen-bond donors (Lipinski definition) is 1. The van der Waals surface area contributed by atoms with Gasteiger partial charge >= 0.3 is 0 Å².